The first-order valence-electron chi connectivity index (χ1n) is 2.66. The minimum absolute atomic E-state index is 0.0327. The summed E-state index contributed by atoms with van der Waals surface area (Å²) in [5.74, 6) is 0. The van der Waals surface area contributed by atoms with Gasteiger partial charge in [0.2, 0.25) is 5.01 Å². The van der Waals surface area contributed by atoms with Gasteiger partial charge in [0.25, 0.3) is 0 Å². The molecule has 0 unspecified atom stereocenters. The number of aromatic nitrogens is 2. The molecule has 3 nitrogen and oxygen atoms in total. The van der Waals surface area contributed by atoms with Gasteiger partial charge >= 0.3 is 11.0 Å². The minimum Gasteiger partial charge on any atom is -0.255 e. The second kappa shape index (κ2) is 3.06. The van der Waals surface area contributed by atoms with Crippen LogP contribution in [0.15, 0.2) is 4.79 Å². The van der Waals surface area contributed by atoms with Gasteiger partial charge in [-0.3, -0.25) is 4.79 Å². The molecule has 8 heteroatoms. The Hall–Kier alpha value is -0.560. The first-order valence-corrected chi connectivity index (χ1v) is 4.01. The van der Waals surface area contributed by atoms with E-state index in [9.17, 15) is 18.0 Å². The monoisotopic (exact) mass is 218 g/mol. The normalized spacial score (nSPS) is 12.0. The quantitative estimate of drug-likeness (QED) is 0.670. The van der Waals surface area contributed by atoms with Gasteiger partial charge in [-0.05, 0) is 11.3 Å². The Labute approximate surface area is 73.4 Å². The van der Waals surface area contributed by atoms with E-state index in [0.29, 0.717) is 4.68 Å². The molecule has 0 aromatic carbocycles. The van der Waals surface area contributed by atoms with Gasteiger partial charge in [0.05, 0.1) is 0 Å². The highest BCUT2D eigenvalue weighted by Crippen LogP contribution is 2.28. The smallest absolute Gasteiger partial charge is 0.255 e. The minimum atomic E-state index is -4.57. The van der Waals surface area contributed by atoms with Crippen LogP contribution in [-0.2, 0) is 12.2 Å². The van der Waals surface area contributed by atoms with Crippen molar-refractivity contribution in [3.63, 3.8) is 0 Å². The number of hydrogen-bond acceptors (Lipinski definition) is 3. The van der Waals surface area contributed by atoms with Crippen molar-refractivity contribution in [3.05, 3.63) is 14.7 Å². The maximum absolute atomic E-state index is 11.9. The molecule has 0 saturated carbocycles. The van der Waals surface area contributed by atoms with E-state index >= 15 is 0 Å². The largest absolute Gasteiger partial charge is 0.445 e. The molecule has 0 aliphatic heterocycles. The van der Waals surface area contributed by atoms with Gasteiger partial charge in [0, 0.05) is 0 Å². The lowest BCUT2D eigenvalue weighted by atomic mass is 10.7. The SMILES string of the molecule is O=c1sc(C(F)(F)F)nn1CCl. The Kier molecular flexibility index (Phi) is 2.43. The van der Waals surface area contributed by atoms with Gasteiger partial charge in [-0.15, -0.1) is 11.6 Å². The fraction of sp³-hybridized carbons (Fsp3) is 0.500. The molecule has 0 radical (unpaired) electrons. The van der Waals surface area contributed by atoms with Gasteiger partial charge in [-0.1, -0.05) is 0 Å². The molecule has 0 bridgehead atoms. The van der Waals surface area contributed by atoms with Gasteiger partial charge < -0.3 is 0 Å². The van der Waals surface area contributed by atoms with Crippen LogP contribution in [0.5, 0.6) is 0 Å². The third-order valence-corrected chi connectivity index (χ3v) is 2.08. The molecular formula is C4H2ClF3N2OS. The van der Waals surface area contributed by atoms with Gasteiger partial charge in [-0.25, -0.2) is 4.68 Å². The summed E-state index contributed by atoms with van der Waals surface area (Å²) in [6, 6.07) is -0.370. The predicted octanol–water partition coefficient (Wildman–Crippen LogP) is 1.52. The molecule has 0 amide bonds. The highest BCUT2D eigenvalue weighted by atomic mass is 35.5. The molecule has 0 aliphatic rings. The van der Waals surface area contributed by atoms with Crippen LogP contribution < -0.4 is 4.87 Å². The molecule has 1 aromatic heterocycles. The van der Waals surface area contributed by atoms with Gasteiger partial charge in [0.1, 0.15) is 6.00 Å². The third-order valence-electron chi connectivity index (χ3n) is 0.962. The standard InChI is InChI=1S/C4H2ClF3N2OS/c5-1-10-3(11)12-2(9-10)4(6,7)8/h1H2. The first kappa shape index (κ1) is 9.53. The number of halogens is 4. The van der Waals surface area contributed by atoms with Crippen LogP contribution in [0.25, 0.3) is 0 Å². The van der Waals surface area contributed by atoms with Crippen LogP contribution in [0.1, 0.15) is 5.01 Å². The summed E-state index contributed by atoms with van der Waals surface area (Å²) in [4.78, 5) is 9.84. The second-order valence-corrected chi connectivity index (χ2v) is 2.97. The van der Waals surface area contributed by atoms with Crippen molar-refractivity contribution in [2.75, 3.05) is 0 Å². The Morgan fingerprint density at radius 3 is 2.42 bits per heavy atom. The molecule has 0 fully saturated rings. The topological polar surface area (TPSA) is 34.9 Å². The molecule has 0 aliphatic carbocycles. The highest BCUT2D eigenvalue weighted by Gasteiger charge is 2.35. The predicted molar refractivity (Wildman–Crippen MR) is 37.2 cm³/mol. The van der Waals surface area contributed by atoms with Crippen LogP contribution >= 0.6 is 22.9 Å². The van der Waals surface area contributed by atoms with Crippen LogP contribution in [0.3, 0.4) is 0 Å². The second-order valence-electron chi connectivity index (χ2n) is 1.79. The Morgan fingerprint density at radius 1 is 1.58 bits per heavy atom. The Morgan fingerprint density at radius 2 is 2.17 bits per heavy atom. The van der Waals surface area contributed by atoms with Crippen molar-refractivity contribution >= 4 is 22.9 Å². The average Bonchev–Trinajstić information content (AvgIpc) is 2.29. The molecule has 12 heavy (non-hydrogen) atoms. The summed E-state index contributed by atoms with van der Waals surface area (Å²) in [5, 5.41) is 1.79. The van der Waals surface area contributed by atoms with Crippen LogP contribution in [-0.4, -0.2) is 9.78 Å². The van der Waals surface area contributed by atoms with Crippen LogP contribution in [0.4, 0.5) is 13.2 Å². The molecule has 0 spiro atoms. The van der Waals surface area contributed by atoms with E-state index in [0.717, 1.165) is 0 Å². The Balaban J connectivity index is 3.14. The highest BCUT2D eigenvalue weighted by molar-refractivity contribution is 7.09. The fourth-order valence-corrected chi connectivity index (χ4v) is 1.36. The molecule has 1 heterocycles. The molecule has 1 aromatic rings. The maximum Gasteiger partial charge on any atom is 0.445 e. The zero-order valence-corrected chi connectivity index (χ0v) is 7.00. The van der Waals surface area contributed by atoms with Crippen LogP contribution in [0, 0.1) is 0 Å². The van der Waals surface area contributed by atoms with Gasteiger partial charge in [-0.2, -0.15) is 18.3 Å². The zero-order chi connectivity index (χ0) is 9.35. The van der Waals surface area contributed by atoms with E-state index in [2.05, 4.69) is 5.10 Å². The lowest BCUT2D eigenvalue weighted by Gasteiger charge is -1.97. The number of nitrogens with zero attached hydrogens (tertiary/aromatic N) is 2. The lowest BCUT2D eigenvalue weighted by Crippen LogP contribution is -2.12. The molecule has 0 N–H and O–H groups in total. The van der Waals surface area contributed by atoms with E-state index in [4.69, 9.17) is 11.6 Å². The van der Waals surface area contributed by atoms with Crippen molar-refractivity contribution in [2.24, 2.45) is 0 Å². The van der Waals surface area contributed by atoms with E-state index in [1.165, 1.54) is 0 Å². The van der Waals surface area contributed by atoms with E-state index in [-0.39, 0.29) is 17.3 Å². The summed E-state index contributed by atoms with van der Waals surface area (Å²) in [7, 11) is 0. The zero-order valence-electron chi connectivity index (χ0n) is 5.43. The molecule has 1 rings (SSSR count). The summed E-state index contributed by atoms with van der Waals surface area (Å²) < 4.78 is 36.2. The number of hydrogen-bond donors (Lipinski definition) is 0. The average molecular weight is 219 g/mol. The lowest BCUT2D eigenvalue weighted by molar-refractivity contribution is -0.138. The van der Waals surface area contributed by atoms with Crippen molar-refractivity contribution in [1.82, 2.24) is 9.78 Å². The molecule has 68 valence electrons. The Bertz CT molecular complexity index is 330. The molecule has 0 saturated heterocycles. The van der Waals surface area contributed by atoms with Gasteiger partial charge in [0.15, 0.2) is 0 Å². The van der Waals surface area contributed by atoms with Crippen molar-refractivity contribution < 1.29 is 13.2 Å². The molecule has 0 atom stereocenters. The maximum atomic E-state index is 11.9. The molecular weight excluding hydrogens is 217 g/mol. The van der Waals surface area contributed by atoms with E-state index in [1.807, 2.05) is 0 Å². The first-order chi connectivity index (χ1) is 5.45. The number of alkyl halides is 4. The number of rotatable bonds is 1. The fourth-order valence-electron chi connectivity index (χ4n) is 0.496. The van der Waals surface area contributed by atoms with E-state index < -0.39 is 16.1 Å². The van der Waals surface area contributed by atoms with Crippen molar-refractivity contribution in [1.29, 1.82) is 0 Å². The van der Waals surface area contributed by atoms with Crippen molar-refractivity contribution in [2.45, 2.75) is 12.2 Å². The summed E-state index contributed by atoms with van der Waals surface area (Å²) in [6.07, 6.45) is -4.57. The third kappa shape index (κ3) is 1.78. The summed E-state index contributed by atoms with van der Waals surface area (Å²) in [6.45, 7) is 0. The summed E-state index contributed by atoms with van der Waals surface area (Å²) >= 11 is 5.17. The van der Waals surface area contributed by atoms with Crippen molar-refractivity contribution in [3.8, 4) is 0 Å². The van der Waals surface area contributed by atoms with E-state index in [1.54, 1.807) is 0 Å². The van der Waals surface area contributed by atoms with Crippen LogP contribution in [0.2, 0.25) is 0 Å². The summed E-state index contributed by atoms with van der Waals surface area (Å²) in [5.41, 5.74) is 0.